The highest BCUT2D eigenvalue weighted by molar-refractivity contribution is 7.89. The Kier molecular flexibility index (Phi) is 6.27. The number of alkyl halides is 3. The second-order valence-electron chi connectivity index (χ2n) is 6.80. The number of halogens is 3. The van der Waals surface area contributed by atoms with Crippen molar-refractivity contribution in [3.05, 3.63) is 65.2 Å². The van der Waals surface area contributed by atoms with E-state index in [4.69, 9.17) is 5.26 Å². The Morgan fingerprint density at radius 3 is 2.24 bits per heavy atom. The van der Waals surface area contributed by atoms with Crippen LogP contribution in [0.2, 0.25) is 0 Å². The van der Waals surface area contributed by atoms with Gasteiger partial charge in [-0.15, -0.1) is 0 Å². The van der Waals surface area contributed by atoms with Gasteiger partial charge in [0, 0.05) is 32.7 Å². The molecule has 1 aliphatic rings. The zero-order chi connectivity index (χ0) is 21.1. The molecule has 3 rings (SSSR count). The van der Waals surface area contributed by atoms with Crippen LogP contribution < -0.4 is 0 Å². The standard InChI is InChI=1S/C20H20F3N3O2S/c21-20(22,23)19-14-18(7-6-17(19)15-24)29(27,28)26-12-10-25(11-13-26)9-8-16-4-2-1-3-5-16/h1-7,14H,8-13H2. The lowest BCUT2D eigenvalue weighted by Crippen LogP contribution is -2.49. The number of hydrogen-bond acceptors (Lipinski definition) is 4. The molecule has 1 fully saturated rings. The quantitative estimate of drug-likeness (QED) is 0.741. The molecule has 9 heteroatoms. The van der Waals surface area contributed by atoms with Gasteiger partial charge in [-0.1, -0.05) is 30.3 Å². The lowest BCUT2D eigenvalue weighted by molar-refractivity contribution is -0.137. The second-order valence-corrected chi connectivity index (χ2v) is 8.74. The van der Waals surface area contributed by atoms with Crippen LogP contribution in [0.1, 0.15) is 16.7 Å². The third-order valence-corrected chi connectivity index (χ3v) is 6.84. The van der Waals surface area contributed by atoms with Crippen LogP contribution in [-0.2, 0) is 22.6 Å². The average Bonchev–Trinajstić information content (AvgIpc) is 2.72. The molecule has 0 saturated carbocycles. The van der Waals surface area contributed by atoms with Gasteiger partial charge in [0.25, 0.3) is 0 Å². The lowest BCUT2D eigenvalue weighted by Gasteiger charge is -2.34. The van der Waals surface area contributed by atoms with Gasteiger partial charge < -0.3 is 4.90 Å². The van der Waals surface area contributed by atoms with Gasteiger partial charge in [-0.25, -0.2) is 8.42 Å². The average molecular weight is 423 g/mol. The number of nitriles is 1. The number of hydrogen-bond donors (Lipinski definition) is 0. The van der Waals surface area contributed by atoms with Crippen molar-refractivity contribution in [1.82, 2.24) is 9.21 Å². The highest BCUT2D eigenvalue weighted by Gasteiger charge is 2.36. The molecule has 2 aromatic rings. The molecule has 0 unspecified atom stereocenters. The van der Waals surface area contributed by atoms with Crippen molar-refractivity contribution < 1.29 is 21.6 Å². The molecule has 0 N–H and O–H groups in total. The Balaban J connectivity index is 1.68. The van der Waals surface area contributed by atoms with Crippen molar-refractivity contribution in [3.8, 4) is 6.07 Å². The number of rotatable bonds is 5. The Hall–Kier alpha value is -2.41. The van der Waals surface area contributed by atoms with E-state index >= 15 is 0 Å². The SMILES string of the molecule is N#Cc1ccc(S(=O)(=O)N2CCN(CCc3ccccc3)CC2)cc1C(F)(F)F. The summed E-state index contributed by atoms with van der Waals surface area (Å²) in [6.45, 7) is 2.22. The first-order valence-electron chi connectivity index (χ1n) is 9.09. The fraction of sp³-hybridized carbons (Fsp3) is 0.350. The van der Waals surface area contributed by atoms with Crippen LogP contribution in [0.25, 0.3) is 0 Å². The maximum Gasteiger partial charge on any atom is 0.417 e. The van der Waals surface area contributed by atoms with Crippen LogP contribution in [0.4, 0.5) is 13.2 Å². The van der Waals surface area contributed by atoms with Crippen LogP contribution in [-0.4, -0.2) is 50.3 Å². The summed E-state index contributed by atoms with van der Waals surface area (Å²) in [5.41, 5.74) is -0.635. The van der Waals surface area contributed by atoms with Crippen molar-refractivity contribution in [1.29, 1.82) is 5.26 Å². The topological polar surface area (TPSA) is 64.4 Å². The van der Waals surface area contributed by atoms with Crippen LogP contribution in [0.5, 0.6) is 0 Å². The number of benzene rings is 2. The Labute approximate surface area is 168 Å². The summed E-state index contributed by atoms with van der Waals surface area (Å²) >= 11 is 0. The fourth-order valence-electron chi connectivity index (χ4n) is 3.29. The number of piperazine rings is 1. The van der Waals surface area contributed by atoms with Gasteiger partial charge in [-0.3, -0.25) is 0 Å². The zero-order valence-corrected chi connectivity index (χ0v) is 16.4. The van der Waals surface area contributed by atoms with Gasteiger partial charge in [0.15, 0.2) is 0 Å². The smallest absolute Gasteiger partial charge is 0.300 e. The van der Waals surface area contributed by atoms with Gasteiger partial charge in [0.05, 0.1) is 22.1 Å². The highest BCUT2D eigenvalue weighted by atomic mass is 32.2. The third-order valence-electron chi connectivity index (χ3n) is 4.95. The monoisotopic (exact) mass is 423 g/mol. The van der Waals surface area contributed by atoms with Gasteiger partial charge in [0.2, 0.25) is 10.0 Å². The molecule has 0 amide bonds. The first kappa shape index (κ1) is 21.3. The second kappa shape index (κ2) is 8.53. The van der Waals surface area contributed by atoms with Crippen molar-refractivity contribution in [2.24, 2.45) is 0 Å². The normalized spacial score (nSPS) is 16.5. The molecule has 0 aromatic heterocycles. The molecular weight excluding hydrogens is 403 g/mol. The van der Waals surface area contributed by atoms with Crippen molar-refractivity contribution in [3.63, 3.8) is 0 Å². The van der Waals surface area contributed by atoms with Crippen LogP contribution in [0, 0.1) is 11.3 Å². The first-order chi connectivity index (χ1) is 13.7. The summed E-state index contributed by atoms with van der Waals surface area (Å²) in [5, 5.41) is 8.87. The van der Waals surface area contributed by atoms with E-state index in [0.29, 0.717) is 19.2 Å². The maximum atomic E-state index is 13.2. The van der Waals surface area contributed by atoms with Gasteiger partial charge in [0.1, 0.15) is 0 Å². The van der Waals surface area contributed by atoms with E-state index < -0.39 is 32.2 Å². The maximum absolute atomic E-state index is 13.2. The van der Waals surface area contributed by atoms with Crippen LogP contribution >= 0.6 is 0 Å². The molecule has 5 nitrogen and oxygen atoms in total. The Morgan fingerprint density at radius 2 is 1.66 bits per heavy atom. The third kappa shape index (κ3) is 4.96. The molecule has 0 radical (unpaired) electrons. The molecule has 29 heavy (non-hydrogen) atoms. The first-order valence-corrected chi connectivity index (χ1v) is 10.5. The fourth-order valence-corrected chi connectivity index (χ4v) is 4.74. The van der Waals surface area contributed by atoms with Crippen molar-refractivity contribution >= 4 is 10.0 Å². The molecule has 0 aliphatic carbocycles. The van der Waals surface area contributed by atoms with Crippen molar-refractivity contribution in [2.75, 3.05) is 32.7 Å². The summed E-state index contributed by atoms with van der Waals surface area (Å²) in [5.74, 6) is 0. The predicted molar refractivity (Wildman–Crippen MR) is 102 cm³/mol. The van der Waals surface area contributed by atoms with E-state index in [1.165, 1.54) is 15.9 Å². The zero-order valence-electron chi connectivity index (χ0n) is 15.6. The molecule has 1 heterocycles. The van der Waals surface area contributed by atoms with Crippen molar-refractivity contribution in [2.45, 2.75) is 17.5 Å². The number of sulfonamides is 1. The van der Waals surface area contributed by atoms with E-state index in [-0.39, 0.29) is 13.1 Å². The minimum Gasteiger partial charge on any atom is -0.300 e. The summed E-state index contributed by atoms with van der Waals surface area (Å²) in [7, 11) is -4.06. The molecule has 0 spiro atoms. The molecule has 0 atom stereocenters. The van der Waals surface area contributed by atoms with Crippen LogP contribution in [0.3, 0.4) is 0 Å². The van der Waals surface area contributed by atoms with E-state index in [1.807, 2.05) is 30.3 Å². The Morgan fingerprint density at radius 1 is 1.00 bits per heavy atom. The van der Waals surface area contributed by atoms with E-state index in [1.54, 1.807) is 0 Å². The highest BCUT2D eigenvalue weighted by Crippen LogP contribution is 2.34. The van der Waals surface area contributed by atoms with E-state index in [2.05, 4.69) is 4.90 Å². The summed E-state index contributed by atoms with van der Waals surface area (Å²) in [4.78, 5) is 1.69. The van der Waals surface area contributed by atoms with Gasteiger partial charge >= 0.3 is 6.18 Å². The van der Waals surface area contributed by atoms with Crippen LogP contribution in [0.15, 0.2) is 53.4 Å². The molecule has 2 aromatic carbocycles. The lowest BCUT2D eigenvalue weighted by atomic mass is 10.1. The molecule has 1 aliphatic heterocycles. The Bertz CT molecular complexity index is 994. The summed E-state index contributed by atoms with van der Waals surface area (Å²) in [6.07, 6.45) is -3.95. The number of nitrogens with zero attached hydrogens (tertiary/aromatic N) is 3. The molecule has 1 saturated heterocycles. The molecular formula is C20H20F3N3O2S. The van der Waals surface area contributed by atoms with Gasteiger partial charge in [-0.2, -0.15) is 22.7 Å². The minimum absolute atomic E-state index is 0.207. The predicted octanol–water partition coefficient (Wildman–Crippen LogP) is 3.13. The van der Waals surface area contributed by atoms with E-state index in [9.17, 15) is 21.6 Å². The summed E-state index contributed by atoms with van der Waals surface area (Å²) in [6, 6.07) is 13.9. The van der Waals surface area contributed by atoms with Gasteiger partial charge in [-0.05, 0) is 30.2 Å². The summed E-state index contributed by atoms with van der Waals surface area (Å²) < 4.78 is 66.3. The molecule has 154 valence electrons. The molecule has 0 bridgehead atoms. The van der Waals surface area contributed by atoms with E-state index in [0.717, 1.165) is 25.1 Å². The minimum atomic E-state index is -4.80. The largest absolute Gasteiger partial charge is 0.417 e.